The van der Waals surface area contributed by atoms with Crippen molar-refractivity contribution in [3.05, 3.63) is 52.7 Å². The smallest absolute Gasteiger partial charge is 0.136 e. The number of aliphatic hydroxyl groups is 1. The lowest BCUT2D eigenvalue weighted by atomic mass is 10.0. The monoisotopic (exact) mass is 430 g/mol. The van der Waals surface area contributed by atoms with Gasteiger partial charge in [-0.3, -0.25) is 4.90 Å². The van der Waals surface area contributed by atoms with E-state index in [1.165, 1.54) is 6.07 Å². The maximum Gasteiger partial charge on any atom is 0.136 e. The lowest BCUT2D eigenvalue weighted by Crippen LogP contribution is -2.49. The van der Waals surface area contributed by atoms with Crippen LogP contribution in [0.2, 0.25) is 0 Å². The van der Waals surface area contributed by atoms with Gasteiger partial charge < -0.3 is 14.7 Å². The molecule has 0 aliphatic carbocycles. The van der Waals surface area contributed by atoms with Gasteiger partial charge >= 0.3 is 0 Å². The number of anilines is 1. The van der Waals surface area contributed by atoms with Crippen molar-refractivity contribution in [2.45, 2.75) is 52.7 Å². The third-order valence-electron chi connectivity index (χ3n) is 5.61. The number of aliphatic hydroxyl groups excluding tert-OH is 1. The summed E-state index contributed by atoms with van der Waals surface area (Å²) in [6.07, 6.45) is 0.894. The highest BCUT2D eigenvalue weighted by Crippen LogP contribution is 2.26. The third kappa shape index (κ3) is 6.45. The molecule has 1 N–H and O–H groups in total. The molecule has 31 heavy (non-hydrogen) atoms. The summed E-state index contributed by atoms with van der Waals surface area (Å²) in [5.74, 6) is 1.46. The van der Waals surface area contributed by atoms with Crippen molar-refractivity contribution in [2.75, 3.05) is 44.2 Å². The maximum absolute atomic E-state index is 14.4. The van der Waals surface area contributed by atoms with Gasteiger partial charge in [-0.2, -0.15) is 0 Å². The van der Waals surface area contributed by atoms with E-state index in [4.69, 9.17) is 9.72 Å². The maximum atomic E-state index is 14.4. The van der Waals surface area contributed by atoms with E-state index >= 15 is 0 Å². The van der Waals surface area contributed by atoms with Crippen molar-refractivity contribution < 1.29 is 14.2 Å². The van der Waals surface area contributed by atoms with Crippen LogP contribution >= 0.6 is 0 Å². The Balaban J connectivity index is 1.73. The first-order valence-electron chi connectivity index (χ1n) is 11.2. The average molecular weight is 431 g/mol. The summed E-state index contributed by atoms with van der Waals surface area (Å²) < 4.78 is 19.9. The summed E-state index contributed by atoms with van der Waals surface area (Å²) >= 11 is 0. The summed E-state index contributed by atoms with van der Waals surface area (Å²) in [5, 5.41) is 10.2. The van der Waals surface area contributed by atoms with Gasteiger partial charge in [-0.25, -0.2) is 14.4 Å². The van der Waals surface area contributed by atoms with E-state index < -0.39 is 6.10 Å². The van der Waals surface area contributed by atoms with Gasteiger partial charge in [0.1, 0.15) is 17.5 Å². The van der Waals surface area contributed by atoms with E-state index in [-0.39, 0.29) is 11.9 Å². The highest BCUT2D eigenvalue weighted by molar-refractivity contribution is 5.52. The first kappa shape index (κ1) is 23.6. The van der Waals surface area contributed by atoms with Crippen LogP contribution in [-0.4, -0.2) is 71.5 Å². The molecule has 2 aromatic rings. The van der Waals surface area contributed by atoms with Crippen LogP contribution in [0.3, 0.4) is 0 Å². The lowest BCUT2D eigenvalue weighted by Gasteiger charge is -2.37. The van der Waals surface area contributed by atoms with Gasteiger partial charge in [0.2, 0.25) is 0 Å². The van der Waals surface area contributed by atoms with Crippen molar-refractivity contribution in [1.29, 1.82) is 0 Å². The van der Waals surface area contributed by atoms with E-state index in [0.717, 1.165) is 55.5 Å². The Labute approximate surface area is 185 Å². The first-order chi connectivity index (χ1) is 14.9. The van der Waals surface area contributed by atoms with E-state index in [1.54, 1.807) is 6.07 Å². The van der Waals surface area contributed by atoms with E-state index in [0.29, 0.717) is 25.1 Å². The van der Waals surface area contributed by atoms with Crippen LogP contribution in [-0.2, 0) is 17.6 Å². The second kappa shape index (κ2) is 11.0. The second-order valence-electron chi connectivity index (χ2n) is 8.46. The van der Waals surface area contributed by atoms with E-state index in [2.05, 4.69) is 21.7 Å². The number of piperazine rings is 1. The highest BCUT2D eigenvalue weighted by Gasteiger charge is 2.24. The average Bonchev–Trinajstić information content (AvgIpc) is 2.75. The Morgan fingerprint density at radius 1 is 1.13 bits per heavy atom. The molecule has 6 nitrogen and oxygen atoms in total. The fourth-order valence-corrected chi connectivity index (χ4v) is 4.00. The van der Waals surface area contributed by atoms with Gasteiger partial charge in [0.05, 0.1) is 18.8 Å². The molecule has 0 spiro atoms. The number of β-amino-alcohol motifs (C(OH)–C–C–N with tert-alkyl or cyclic N) is 1. The predicted octanol–water partition coefficient (Wildman–Crippen LogP) is 2.99. The number of hydrogen-bond donors (Lipinski definition) is 1. The van der Waals surface area contributed by atoms with E-state index in [9.17, 15) is 9.50 Å². The van der Waals surface area contributed by atoms with Gasteiger partial charge in [-0.1, -0.05) is 25.1 Å². The zero-order chi connectivity index (χ0) is 22.4. The Hall–Kier alpha value is -2.09. The molecule has 1 saturated heterocycles. The Morgan fingerprint density at radius 3 is 2.48 bits per heavy atom. The van der Waals surface area contributed by atoms with Crippen LogP contribution in [0.15, 0.2) is 24.3 Å². The standard InChI is InChI=1S/C24H35FN4O2/c1-5-23-21(14-19-8-6-7-9-22(19)25)24(27-18(4)26-23)29-12-10-28(11-13-29)15-20(30)16-31-17(2)3/h6-9,17,20,30H,5,10-16H2,1-4H3/t20-/m1/s1. The van der Waals surface area contributed by atoms with Crippen LogP contribution in [0, 0.1) is 12.7 Å². The molecule has 0 unspecified atom stereocenters. The van der Waals surface area contributed by atoms with Crippen molar-refractivity contribution in [3.63, 3.8) is 0 Å². The second-order valence-corrected chi connectivity index (χ2v) is 8.46. The van der Waals surface area contributed by atoms with Crippen LogP contribution in [0.25, 0.3) is 0 Å². The fraction of sp³-hybridized carbons (Fsp3) is 0.583. The summed E-state index contributed by atoms with van der Waals surface area (Å²) in [6.45, 7) is 12.2. The fourth-order valence-electron chi connectivity index (χ4n) is 4.00. The summed E-state index contributed by atoms with van der Waals surface area (Å²) in [7, 11) is 0. The molecule has 170 valence electrons. The number of aromatic nitrogens is 2. The summed E-state index contributed by atoms with van der Waals surface area (Å²) in [6, 6.07) is 6.91. The normalized spacial score (nSPS) is 16.2. The van der Waals surface area contributed by atoms with Crippen molar-refractivity contribution in [1.82, 2.24) is 14.9 Å². The molecule has 1 aliphatic rings. The van der Waals surface area contributed by atoms with Crippen LogP contribution < -0.4 is 4.90 Å². The minimum absolute atomic E-state index is 0.119. The number of ether oxygens (including phenoxy) is 1. The van der Waals surface area contributed by atoms with Gasteiger partial charge in [0.25, 0.3) is 0 Å². The van der Waals surface area contributed by atoms with Crippen molar-refractivity contribution in [2.24, 2.45) is 0 Å². The lowest BCUT2D eigenvalue weighted by molar-refractivity contribution is -0.00901. The number of halogens is 1. The molecule has 1 aromatic carbocycles. The van der Waals surface area contributed by atoms with Gasteiger partial charge in [0, 0.05) is 50.4 Å². The van der Waals surface area contributed by atoms with E-state index in [1.807, 2.05) is 32.9 Å². The van der Waals surface area contributed by atoms with Crippen LogP contribution in [0.1, 0.15) is 43.4 Å². The molecule has 2 heterocycles. The molecule has 0 bridgehead atoms. The molecule has 0 saturated carbocycles. The Morgan fingerprint density at radius 2 is 1.84 bits per heavy atom. The molecule has 0 amide bonds. The minimum Gasteiger partial charge on any atom is -0.389 e. The molecule has 0 radical (unpaired) electrons. The number of nitrogens with zero attached hydrogens (tertiary/aromatic N) is 4. The van der Waals surface area contributed by atoms with Gasteiger partial charge in [0.15, 0.2) is 0 Å². The minimum atomic E-state index is -0.487. The number of aryl methyl sites for hydroxylation is 2. The zero-order valence-electron chi connectivity index (χ0n) is 19.1. The number of hydrogen-bond acceptors (Lipinski definition) is 6. The highest BCUT2D eigenvalue weighted by atomic mass is 19.1. The Kier molecular flexibility index (Phi) is 8.35. The molecule has 7 heteroatoms. The predicted molar refractivity (Wildman–Crippen MR) is 121 cm³/mol. The summed E-state index contributed by atoms with van der Waals surface area (Å²) in [5.41, 5.74) is 2.66. The number of rotatable bonds is 9. The van der Waals surface area contributed by atoms with Crippen molar-refractivity contribution >= 4 is 5.82 Å². The Bertz CT molecular complexity index is 853. The van der Waals surface area contributed by atoms with Gasteiger partial charge in [-0.15, -0.1) is 0 Å². The third-order valence-corrected chi connectivity index (χ3v) is 5.61. The van der Waals surface area contributed by atoms with Crippen LogP contribution in [0.4, 0.5) is 10.2 Å². The van der Waals surface area contributed by atoms with Crippen molar-refractivity contribution in [3.8, 4) is 0 Å². The molecule has 3 rings (SSSR count). The van der Waals surface area contributed by atoms with Crippen LogP contribution in [0.5, 0.6) is 0 Å². The first-order valence-corrected chi connectivity index (χ1v) is 11.2. The zero-order valence-corrected chi connectivity index (χ0v) is 19.1. The molecular weight excluding hydrogens is 395 g/mol. The molecule has 1 aliphatic heterocycles. The topological polar surface area (TPSA) is 61.7 Å². The SMILES string of the molecule is CCc1nc(C)nc(N2CCN(C[C@@H](O)COC(C)C)CC2)c1Cc1ccccc1F. The molecule has 1 aromatic heterocycles. The molecular formula is C24H35FN4O2. The molecule has 1 atom stereocenters. The molecule has 1 fully saturated rings. The quantitative estimate of drug-likeness (QED) is 0.660. The number of benzene rings is 1. The largest absolute Gasteiger partial charge is 0.389 e. The van der Waals surface area contributed by atoms with Gasteiger partial charge in [-0.05, 0) is 38.8 Å². The summed E-state index contributed by atoms with van der Waals surface area (Å²) in [4.78, 5) is 14.0.